The van der Waals surface area contributed by atoms with E-state index in [1.807, 2.05) is 0 Å². The Morgan fingerprint density at radius 2 is 0.674 bits per heavy atom. The topological polar surface area (TPSA) is 619 Å². The normalized spacial score (nSPS) is 47.8. The summed E-state index contributed by atoms with van der Waals surface area (Å²) < 4.78 is 80.3. The zero-order valence-corrected chi connectivity index (χ0v) is 51.1. The molecular weight excluding hydrogens is 1300 g/mol. The van der Waals surface area contributed by atoms with Crippen molar-refractivity contribution < 1.29 is 184 Å². The van der Waals surface area contributed by atoms with E-state index < -0.39 is 280 Å². The van der Waals surface area contributed by atoms with E-state index >= 15 is 0 Å². The minimum absolute atomic E-state index is 0.0229. The lowest BCUT2D eigenvalue weighted by Crippen LogP contribution is -2.67. The van der Waals surface area contributed by atoms with Gasteiger partial charge in [-0.25, -0.2) is 0 Å². The van der Waals surface area contributed by atoms with Crippen molar-refractivity contribution in [1.29, 1.82) is 0 Å². The Labute approximate surface area is 533 Å². The molecule has 92 heavy (non-hydrogen) atoms. The highest BCUT2D eigenvalue weighted by Crippen LogP contribution is 2.36. The van der Waals surface area contributed by atoms with Crippen LogP contribution in [0.25, 0.3) is 0 Å². The molecule has 0 aromatic heterocycles. The molecule has 0 aromatic rings. The molecule has 0 amide bonds. The van der Waals surface area contributed by atoms with Gasteiger partial charge in [0.25, 0.3) is 0 Å². The highest BCUT2D eigenvalue weighted by Gasteiger charge is 2.56. The van der Waals surface area contributed by atoms with Crippen LogP contribution in [0.4, 0.5) is 0 Å². The first-order valence-corrected chi connectivity index (χ1v) is 31.0. The highest BCUT2D eigenvalue weighted by molar-refractivity contribution is 7.99. The van der Waals surface area contributed by atoms with Crippen LogP contribution in [-0.4, -0.2) is 422 Å². The number of nitrogens with one attached hydrogen (secondary N) is 2. The van der Waals surface area contributed by atoms with Crippen molar-refractivity contribution in [2.45, 2.75) is 221 Å². The smallest absolute Gasteiger partial charge is 0.187 e. The van der Waals surface area contributed by atoms with E-state index in [0.717, 1.165) is 0 Å². The molecule has 39 nitrogen and oxygen atoms in total. The molecule has 0 spiro atoms. The van der Waals surface area contributed by atoms with Gasteiger partial charge in [-0.1, -0.05) is 6.92 Å². The van der Waals surface area contributed by atoms with Crippen molar-refractivity contribution >= 4 is 29.1 Å². The average molecular weight is 1390 g/mol. The molecular formula is C51H90N2O37S2. The molecule has 7 aliphatic rings. The molecule has 7 rings (SSSR count). The maximum Gasteiger partial charge on any atom is 0.187 e. The summed E-state index contributed by atoms with van der Waals surface area (Å²) in [4.78, 5) is 0. The molecule has 7 fully saturated rings. The van der Waals surface area contributed by atoms with Gasteiger partial charge < -0.3 is 194 Å². The summed E-state index contributed by atoms with van der Waals surface area (Å²) in [7, 11) is 1.29. The van der Waals surface area contributed by atoms with Crippen molar-refractivity contribution in [3.63, 3.8) is 0 Å². The summed E-state index contributed by atoms with van der Waals surface area (Å²) in [5.41, 5.74) is -2.24. The maximum absolute atomic E-state index is 11.6. The van der Waals surface area contributed by atoms with Crippen molar-refractivity contribution in [3.8, 4) is 0 Å². The third-order valence-electron chi connectivity index (χ3n) is 16.9. The quantitative estimate of drug-likeness (QED) is 0.0255. The van der Waals surface area contributed by atoms with E-state index in [0.29, 0.717) is 0 Å². The van der Waals surface area contributed by atoms with Gasteiger partial charge >= 0.3 is 0 Å². The lowest BCUT2D eigenvalue weighted by Gasteiger charge is -2.48. The van der Waals surface area contributed by atoms with E-state index in [-0.39, 0.29) is 23.2 Å². The van der Waals surface area contributed by atoms with Crippen LogP contribution >= 0.6 is 24.0 Å². The fourth-order valence-electron chi connectivity index (χ4n) is 11.2. The van der Waals surface area contributed by atoms with Crippen LogP contribution in [0.2, 0.25) is 0 Å². The summed E-state index contributed by atoms with van der Waals surface area (Å²) in [5.74, 6) is -0.0215. The van der Waals surface area contributed by atoms with Gasteiger partial charge in [0.2, 0.25) is 0 Å². The van der Waals surface area contributed by atoms with E-state index in [2.05, 4.69) is 10.6 Å². The Bertz CT molecular complexity index is 2010. The number of rotatable bonds is 28. The monoisotopic (exact) mass is 1390 g/mol. The summed E-state index contributed by atoms with van der Waals surface area (Å²) in [5, 5.41) is 252. The average Bonchev–Trinajstić information content (AvgIpc) is 0.805. The van der Waals surface area contributed by atoms with E-state index in [9.17, 15) is 117 Å². The summed E-state index contributed by atoms with van der Waals surface area (Å²) in [6.45, 7) is -6.99. The van der Waals surface area contributed by atoms with Crippen LogP contribution in [0.5, 0.6) is 0 Å². The lowest BCUT2D eigenvalue weighted by molar-refractivity contribution is -0.367. The van der Waals surface area contributed by atoms with Crippen molar-refractivity contribution in [1.82, 2.24) is 10.6 Å². The van der Waals surface area contributed by atoms with Gasteiger partial charge in [0.15, 0.2) is 49.1 Å². The van der Waals surface area contributed by atoms with E-state index in [1.54, 1.807) is 6.92 Å². The summed E-state index contributed by atoms with van der Waals surface area (Å²) in [6, 6.07) is 0. The molecule has 7 heterocycles. The van der Waals surface area contributed by atoms with Crippen LogP contribution in [0.1, 0.15) is 6.92 Å². The Morgan fingerprint density at radius 1 is 0.380 bits per heavy atom. The van der Waals surface area contributed by atoms with Crippen LogP contribution in [-0.2, 0) is 66.3 Å². The number of thioether (sulfide) groups is 1. The Kier molecular flexibility index (Phi) is 29.7. The Hall–Kier alpha value is -1.44. The molecule has 0 bridgehead atoms. The van der Waals surface area contributed by atoms with Gasteiger partial charge in [-0.2, -0.15) is 11.8 Å². The zero-order valence-electron chi connectivity index (χ0n) is 49.5. The van der Waals surface area contributed by atoms with E-state index in [4.69, 9.17) is 78.5 Å². The fraction of sp³-hybridized carbons (Fsp3) is 0.980. The second-order valence-electron chi connectivity index (χ2n) is 23.3. The minimum Gasteiger partial charge on any atom is -0.394 e. The first kappa shape index (κ1) is 77.9. The largest absolute Gasteiger partial charge is 0.394 e. The Balaban J connectivity index is 1.17. The molecule has 0 aromatic carbocycles. The number of hydrogen-bond acceptors (Lipinski definition) is 39. The molecule has 25 N–H and O–H groups in total. The lowest BCUT2D eigenvalue weighted by atomic mass is 9.91. The maximum atomic E-state index is 11.6. The van der Waals surface area contributed by atoms with Crippen molar-refractivity contribution in [3.05, 3.63) is 0 Å². The van der Waals surface area contributed by atoms with Crippen LogP contribution in [0, 0.1) is 5.92 Å². The third-order valence-corrected chi connectivity index (χ3v) is 18.2. The van der Waals surface area contributed by atoms with Gasteiger partial charge in [0.1, 0.15) is 158 Å². The molecule has 16 unspecified atom stereocenters. The first-order chi connectivity index (χ1) is 43.6. The molecule has 0 aliphatic carbocycles. The Morgan fingerprint density at radius 3 is 0.989 bits per heavy atom. The molecule has 0 radical (unpaired) electrons. The number of aliphatic hydroxyl groups is 23. The number of aliphatic hydroxyl groups excluding tert-OH is 23. The van der Waals surface area contributed by atoms with Gasteiger partial charge in [-0.3, -0.25) is 0 Å². The molecule has 538 valence electrons. The van der Waals surface area contributed by atoms with Crippen molar-refractivity contribution in [2.75, 3.05) is 84.6 Å². The van der Waals surface area contributed by atoms with Gasteiger partial charge in [-0.05, 0) is 12.2 Å². The van der Waals surface area contributed by atoms with Gasteiger partial charge in [-0.15, -0.1) is 0 Å². The minimum atomic E-state index is -2.24. The molecule has 7 aliphatic heterocycles. The fourth-order valence-corrected chi connectivity index (χ4v) is 12.6. The SMILES string of the molecule is CO[C@@H]1OC(CSCCNC(=S)NC(CO[C@@H]2OC(CO)[C@H](O[C@@H]3OC(CO)[C@H](O)[C@H](O)C3O)[C@H](O)C2O)(CO[C@@H]2OC(CO)[C@H](O[C@@H]3OC(CO)[C@H](O)[C@H](O)C3O)[C@H](O)C2O)CO[C@@H]2OC(CO)[C@H](O[C@@H]3OC(CO)[C@H](O)[C@H](O)C3O)[C@H](O)C2O)C(C)C(O)C1O. The standard InChI is InChI=1S/C51H90N2O37S2/c1-15-22(87-43(77-2)33(70)23(15)60)11-92-4-3-52-50(91)53-51(12-78-44-37(74)30(67)40(19(8-57)84-44)88-47-34(71)27(64)24(61)16(5-54)81-47,13-79-45-38(75)31(68)41(20(9-58)85-45)89-48-35(72)28(65)25(62)17(6-55)82-48)14-80-46-39(76)32(69)42(21(10-59)86-46)90-49-36(73)29(66)26(63)18(7-56)83-49/h15-49,54-76H,3-14H2,1-2H3,(H2,52,53,91)/t15?,16?,17?,18?,19?,20?,21?,22?,23?,24-,25-,26-,27-,28-,29-,30+,31+,32+,33?,34?,35?,36?,37?,38?,39?,40-,41-,42-,43+,44+,45+,46+,47-,48-,49-,51?/m0/s1. The highest BCUT2D eigenvalue weighted by atomic mass is 32.2. The number of hydrogen-bond donors (Lipinski definition) is 25. The van der Waals surface area contributed by atoms with Crippen LogP contribution in [0.15, 0.2) is 0 Å². The molecule has 35 atom stereocenters. The number of thiocarbonyl (C=S) groups is 1. The second kappa shape index (κ2) is 35.1. The van der Waals surface area contributed by atoms with Crippen molar-refractivity contribution in [2.24, 2.45) is 5.92 Å². The predicted octanol–water partition coefficient (Wildman–Crippen LogP) is -15.4. The number of ether oxygens (including phenoxy) is 14. The second-order valence-corrected chi connectivity index (χ2v) is 24.9. The first-order valence-electron chi connectivity index (χ1n) is 29.4. The molecule has 0 saturated carbocycles. The van der Waals surface area contributed by atoms with Crippen LogP contribution < -0.4 is 10.6 Å². The van der Waals surface area contributed by atoms with Gasteiger partial charge in [0, 0.05) is 31.1 Å². The third kappa shape index (κ3) is 17.8. The predicted molar refractivity (Wildman–Crippen MR) is 298 cm³/mol. The zero-order chi connectivity index (χ0) is 67.8. The number of methoxy groups -OCH3 is 1. The van der Waals surface area contributed by atoms with Crippen LogP contribution in [0.3, 0.4) is 0 Å². The molecule has 7 saturated heterocycles. The summed E-state index contributed by atoms with van der Waals surface area (Å²) >= 11 is 7.07. The van der Waals surface area contributed by atoms with Gasteiger partial charge in [0.05, 0.1) is 71.7 Å². The van der Waals surface area contributed by atoms with E-state index in [1.165, 1.54) is 18.9 Å². The molecule has 41 heteroatoms. The summed E-state index contributed by atoms with van der Waals surface area (Å²) in [6.07, 6.45) is -61.8.